The maximum absolute atomic E-state index is 12.7. The van der Waals surface area contributed by atoms with Gasteiger partial charge < -0.3 is 14.9 Å². The van der Waals surface area contributed by atoms with Crippen LogP contribution in [-0.4, -0.2) is 41.1 Å². The Balaban J connectivity index is 2.08. The molecular formula is C12H16F6O3. The molecule has 0 amide bonds. The van der Waals surface area contributed by atoms with Crippen molar-refractivity contribution in [2.24, 2.45) is 17.8 Å². The van der Waals surface area contributed by atoms with Gasteiger partial charge in [-0.3, -0.25) is 0 Å². The molecule has 0 aromatic rings. The molecule has 3 nitrogen and oxygen atoms in total. The van der Waals surface area contributed by atoms with Crippen LogP contribution in [0.1, 0.15) is 25.7 Å². The molecule has 0 spiro atoms. The highest BCUT2D eigenvalue weighted by Gasteiger charge is 2.71. The van der Waals surface area contributed by atoms with Gasteiger partial charge in [0, 0.05) is 0 Å². The van der Waals surface area contributed by atoms with Crippen molar-refractivity contribution >= 4 is 0 Å². The van der Waals surface area contributed by atoms with Gasteiger partial charge in [0.2, 0.25) is 0 Å². The monoisotopic (exact) mass is 322 g/mol. The van der Waals surface area contributed by atoms with Crippen LogP contribution >= 0.6 is 0 Å². The second-order valence-corrected chi connectivity index (χ2v) is 5.88. The number of fused-ring (bicyclic) bond motifs is 2. The number of aliphatic hydroxyl groups excluding tert-OH is 1. The maximum atomic E-state index is 12.7. The van der Waals surface area contributed by atoms with Crippen LogP contribution in [0.5, 0.6) is 0 Å². The molecular weight excluding hydrogens is 306 g/mol. The van der Waals surface area contributed by atoms with Crippen molar-refractivity contribution in [3.05, 3.63) is 0 Å². The van der Waals surface area contributed by atoms with Gasteiger partial charge >= 0.3 is 12.4 Å². The molecule has 0 heterocycles. The van der Waals surface area contributed by atoms with Gasteiger partial charge in [0.25, 0.3) is 5.60 Å². The standard InChI is InChI=1S/C12H16F6O3/c13-11(14,15)10(20,12(16,17)18)4-8-2-7-1-6(8)3-9(7)21-5-19/h6-9,19-20H,1-5H2. The minimum absolute atomic E-state index is 0.143. The number of alkyl halides is 6. The van der Waals surface area contributed by atoms with E-state index in [1.807, 2.05) is 0 Å². The first kappa shape index (κ1) is 16.8. The molecule has 21 heavy (non-hydrogen) atoms. The molecule has 0 saturated heterocycles. The van der Waals surface area contributed by atoms with Crippen molar-refractivity contribution in [3.8, 4) is 0 Å². The van der Waals surface area contributed by atoms with E-state index in [1.54, 1.807) is 0 Å². The molecule has 0 aromatic carbocycles. The highest BCUT2D eigenvalue weighted by Crippen LogP contribution is 2.55. The Morgan fingerprint density at radius 3 is 1.86 bits per heavy atom. The van der Waals surface area contributed by atoms with Gasteiger partial charge in [-0.1, -0.05) is 0 Å². The van der Waals surface area contributed by atoms with E-state index in [1.165, 1.54) is 0 Å². The molecule has 9 heteroatoms. The Hall–Kier alpha value is -0.540. The van der Waals surface area contributed by atoms with Gasteiger partial charge in [0.05, 0.1) is 6.10 Å². The molecule has 2 aliphatic rings. The van der Waals surface area contributed by atoms with Crippen LogP contribution in [0.3, 0.4) is 0 Å². The fourth-order valence-electron chi connectivity index (χ4n) is 3.66. The lowest BCUT2D eigenvalue weighted by Gasteiger charge is -2.37. The largest absolute Gasteiger partial charge is 0.426 e. The Morgan fingerprint density at radius 1 is 0.905 bits per heavy atom. The van der Waals surface area contributed by atoms with Crippen molar-refractivity contribution in [3.63, 3.8) is 0 Å². The van der Waals surface area contributed by atoms with Crippen LogP contribution in [0.15, 0.2) is 0 Å². The van der Waals surface area contributed by atoms with Gasteiger partial charge in [0.15, 0.2) is 0 Å². The van der Waals surface area contributed by atoms with E-state index in [9.17, 15) is 31.4 Å². The zero-order chi connectivity index (χ0) is 16.1. The van der Waals surface area contributed by atoms with Gasteiger partial charge in [-0.05, 0) is 43.4 Å². The minimum Gasteiger partial charge on any atom is -0.374 e. The van der Waals surface area contributed by atoms with Gasteiger partial charge in [0.1, 0.15) is 6.79 Å². The summed E-state index contributed by atoms with van der Waals surface area (Å²) in [5.41, 5.74) is -4.66. The predicted octanol–water partition coefficient (Wildman–Crippen LogP) is 2.61. The van der Waals surface area contributed by atoms with E-state index in [0.29, 0.717) is 12.8 Å². The zero-order valence-corrected chi connectivity index (χ0v) is 10.9. The summed E-state index contributed by atoms with van der Waals surface area (Å²) in [6.07, 6.45) is -12.3. The third-order valence-electron chi connectivity index (χ3n) is 4.72. The van der Waals surface area contributed by atoms with E-state index >= 15 is 0 Å². The Labute approximate surface area is 116 Å². The molecule has 0 aromatic heterocycles. The van der Waals surface area contributed by atoms with Gasteiger partial charge in [-0.15, -0.1) is 0 Å². The number of hydrogen-bond donors (Lipinski definition) is 2. The molecule has 0 radical (unpaired) electrons. The highest BCUT2D eigenvalue weighted by atomic mass is 19.4. The van der Waals surface area contributed by atoms with Gasteiger partial charge in [-0.2, -0.15) is 26.3 Å². The number of aliphatic hydroxyl groups is 2. The molecule has 2 aliphatic carbocycles. The van der Waals surface area contributed by atoms with Crippen molar-refractivity contribution < 1.29 is 41.3 Å². The summed E-state index contributed by atoms with van der Waals surface area (Å²) < 4.78 is 81.0. The zero-order valence-electron chi connectivity index (χ0n) is 10.9. The lowest BCUT2D eigenvalue weighted by molar-refractivity contribution is -0.373. The second-order valence-electron chi connectivity index (χ2n) is 5.88. The number of hydrogen-bond acceptors (Lipinski definition) is 3. The topological polar surface area (TPSA) is 49.7 Å². The van der Waals surface area contributed by atoms with Crippen LogP contribution in [0.25, 0.3) is 0 Å². The molecule has 2 N–H and O–H groups in total. The van der Waals surface area contributed by atoms with E-state index in [2.05, 4.69) is 0 Å². The second kappa shape index (κ2) is 5.27. The number of ether oxygens (including phenoxy) is 1. The fraction of sp³-hybridized carbons (Fsp3) is 1.00. The quantitative estimate of drug-likeness (QED) is 0.618. The molecule has 2 saturated carbocycles. The average Bonchev–Trinajstić information content (AvgIpc) is 2.85. The first-order valence-electron chi connectivity index (χ1n) is 6.58. The molecule has 124 valence electrons. The van der Waals surface area contributed by atoms with Gasteiger partial charge in [-0.25, -0.2) is 0 Å². The van der Waals surface area contributed by atoms with Crippen LogP contribution in [0.4, 0.5) is 26.3 Å². The summed E-state index contributed by atoms with van der Waals surface area (Å²) in [4.78, 5) is 0. The summed E-state index contributed by atoms with van der Waals surface area (Å²) in [7, 11) is 0. The van der Waals surface area contributed by atoms with E-state index in [4.69, 9.17) is 9.84 Å². The first-order valence-corrected chi connectivity index (χ1v) is 6.58. The molecule has 2 bridgehead atoms. The maximum Gasteiger partial charge on any atom is 0.426 e. The first-order chi connectivity index (χ1) is 9.49. The van der Waals surface area contributed by atoms with E-state index in [0.717, 1.165) is 0 Å². The van der Waals surface area contributed by atoms with Crippen molar-refractivity contribution in [1.29, 1.82) is 0 Å². The number of rotatable bonds is 4. The third kappa shape index (κ3) is 2.87. The summed E-state index contributed by atoms with van der Waals surface area (Å²) in [5.74, 6) is -1.34. The third-order valence-corrected chi connectivity index (χ3v) is 4.72. The van der Waals surface area contributed by atoms with Crippen LogP contribution in [-0.2, 0) is 4.74 Å². The molecule has 4 atom stereocenters. The Morgan fingerprint density at radius 2 is 1.48 bits per heavy atom. The lowest BCUT2D eigenvalue weighted by atomic mass is 9.79. The van der Waals surface area contributed by atoms with Crippen LogP contribution in [0, 0.1) is 17.8 Å². The summed E-state index contributed by atoms with van der Waals surface area (Å²) in [5, 5.41) is 17.9. The van der Waals surface area contributed by atoms with Crippen molar-refractivity contribution in [1.82, 2.24) is 0 Å². The molecule has 0 aliphatic heterocycles. The smallest absolute Gasteiger partial charge is 0.374 e. The predicted molar refractivity (Wildman–Crippen MR) is 58.0 cm³/mol. The van der Waals surface area contributed by atoms with Crippen LogP contribution < -0.4 is 0 Å². The lowest BCUT2D eigenvalue weighted by Crippen LogP contribution is -2.58. The summed E-state index contributed by atoms with van der Waals surface area (Å²) in [6.45, 7) is -0.520. The Bertz CT molecular complexity index is 366. The molecule has 2 rings (SSSR count). The summed E-state index contributed by atoms with van der Waals surface area (Å²) >= 11 is 0. The van der Waals surface area contributed by atoms with E-state index < -0.39 is 37.1 Å². The SMILES string of the molecule is OCOC1CC2CC1CC2CC(O)(C(F)(F)F)C(F)(F)F. The molecule has 2 fully saturated rings. The fourth-order valence-corrected chi connectivity index (χ4v) is 3.66. The average molecular weight is 322 g/mol. The normalized spacial score (nSPS) is 33.7. The highest BCUT2D eigenvalue weighted by molar-refractivity contribution is 5.02. The van der Waals surface area contributed by atoms with Crippen molar-refractivity contribution in [2.45, 2.75) is 49.7 Å². The Kier molecular flexibility index (Phi) is 4.23. The minimum atomic E-state index is -5.76. The van der Waals surface area contributed by atoms with E-state index in [-0.39, 0.29) is 24.4 Å². The van der Waals surface area contributed by atoms with Crippen molar-refractivity contribution in [2.75, 3.05) is 6.79 Å². The van der Waals surface area contributed by atoms with Crippen LogP contribution in [0.2, 0.25) is 0 Å². The summed E-state index contributed by atoms with van der Waals surface area (Å²) in [6, 6.07) is 0. The molecule has 4 unspecified atom stereocenters. The number of halogens is 6.